The fourth-order valence-corrected chi connectivity index (χ4v) is 2.18. The topological polar surface area (TPSA) is 47.8 Å². The number of allylic oxidation sites excluding steroid dienone is 1. The monoisotopic (exact) mass is 323 g/mol. The molecule has 21 heavy (non-hydrogen) atoms. The minimum atomic E-state index is -0.545. The molecule has 1 aromatic heterocycles. The first kappa shape index (κ1) is 15.7. The summed E-state index contributed by atoms with van der Waals surface area (Å²) < 4.78 is 1.44. The quantitative estimate of drug-likeness (QED) is 0.795. The number of halogens is 2. The lowest BCUT2D eigenvalue weighted by Crippen LogP contribution is -2.24. The molecular formula is C15H15Cl2N3O. The number of Topliss-reactive ketones (excluding diaryl/α,β-unsaturated/α-hetero) is 1. The predicted molar refractivity (Wildman–Crippen MR) is 85.1 cm³/mol. The van der Waals surface area contributed by atoms with Gasteiger partial charge in [0.15, 0.2) is 5.78 Å². The second-order valence-electron chi connectivity index (χ2n) is 5.61. The van der Waals surface area contributed by atoms with Crippen molar-refractivity contribution in [2.45, 2.75) is 20.8 Å². The molecule has 0 radical (unpaired) electrons. The zero-order valence-electron chi connectivity index (χ0n) is 12.0. The lowest BCUT2D eigenvalue weighted by Gasteiger charge is -2.18. The van der Waals surface area contributed by atoms with Crippen LogP contribution in [0.2, 0.25) is 10.0 Å². The van der Waals surface area contributed by atoms with Crippen molar-refractivity contribution in [2.75, 3.05) is 0 Å². The number of benzene rings is 1. The molecule has 1 heterocycles. The lowest BCUT2D eigenvalue weighted by atomic mass is 9.88. The van der Waals surface area contributed by atoms with Gasteiger partial charge in [-0.3, -0.25) is 4.79 Å². The van der Waals surface area contributed by atoms with Crippen molar-refractivity contribution in [2.24, 2.45) is 5.41 Å². The minimum absolute atomic E-state index is 0.0565. The van der Waals surface area contributed by atoms with Gasteiger partial charge in [0.25, 0.3) is 0 Å². The van der Waals surface area contributed by atoms with Gasteiger partial charge in [0.1, 0.15) is 18.4 Å². The lowest BCUT2D eigenvalue weighted by molar-refractivity contribution is -0.120. The van der Waals surface area contributed by atoms with Crippen molar-refractivity contribution in [3.63, 3.8) is 0 Å². The number of aromatic nitrogens is 3. The molecule has 0 unspecified atom stereocenters. The molecule has 2 aromatic rings. The van der Waals surface area contributed by atoms with Crippen LogP contribution in [0, 0.1) is 5.41 Å². The molecule has 0 saturated heterocycles. The third kappa shape index (κ3) is 3.71. The molecule has 0 aliphatic carbocycles. The van der Waals surface area contributed by atoms with Crippen LogP contribution in [0.5, 0.6) is 0 Å². The van der Waals surface area contributed by atoms with Crippen molar-refractivity contribution in [3.05, 3.63) is 46.5 Å². The number of carbonyl (C=O) groups excluding carboxylic acids is 1. The van der Waals surface area contributed by atoms with Gasteiger partial charge in [-0.1, -0.05) is 50.0 Å². The molecule has 4 nitrogen and oxygen atoms in total. The van der Waals surface area contributed by atoms with Crippen molar-refractivity contribution >= 4 is 40.8 Å². The molecule has 0 amide bonds. The largest absolute Gasteiger partial charge is 0.292 e. The van der Waals surface area contributed by atoms with Gasteiger partial charge in [0.2, 0.25) is 0 Å². The van der Waals surface area contributed by atoms with E-state index in [1.807, 2.05) is 20.8 Å². The van der Waals surface area contributed by atoms with E-state index in [9.17, 15) is 4.79 Å². The first-order valence-electron chi connectivity index (χ1n) is 6.35. The molecular weight excluding hydrogens is 309 g/mol. The average molecular weight is 324 g/mol. The molecule has 0 N–H and O–H groups in total. The summed E-state index contributed by atoms with van der Waals surface area (Å²) in [5, 5.41) is 5.06. The number of hydrogen-bond acceptors (Lipinski definition) is 3. The van der Waals surface area contributed by atoms with E-state index < -0.39 is 5.41 Å². The number of nitrogens with zero attached hydrogens (tertiary/aromatic N) is 3. The van der Waals surface area contributed by atoms with Crippen LogP contribution in [0.25, 0.3) is 11.8 Å². The third-order valence-electron chi connectivity index (χ3n) is 2.83. The van der Waals surface area contributed by atoms with E-state index in [-0.39, 0.29) is 5.78 Å². The van der Waals surface area contributed by atoms with Crippen LogP contribution in [-0.2, 0) is 4.79 Å². The summed E-state index contributed by atoms with van der Waals surface area (Å²) in [5.74, 6) is -0.0565. The Hall–Kier alpha value is -1.65. The summed E-state index contributed by atoms with van der Waals surface area (Å²) in [6.07, 6.45) is 4.56. The molecule has 0 fully saturated rings. The normalized spacial score (nSPS) is 12.5. The molecule has 0 atom stereocenters. The third-order valence-corrected chi connectivity index (χ3v) is 3.40. The van der Waals surface area contributed by atoms with E-state index in [0.717, 1.165) is 0 Å². The van der Waals surface area contributed by atoms with Crippen molar-refractivity contribution in [3.8, 4) is 0 Å². The fraction of sp³-hybridized carbons (Fsp3) is 0.267. The smallest absolute Gasteiger partial charge is 0.186 e. The molecule has 110 valence electrons. The molecule has 1 aromatic carbocycles. The molecule has 0 bridgehead atoms. The maximum Gasteiger partial charge on any atom is 0.186 e. The van der Waals surface area contributed by atoms with Crippen LogP contribution in [-0.4, -0.2) is 20.5 Å². The minimum Gasteiger partial charge on any atom is -0.292 e. The number of rotatable bonds is 3. The summed E-state index contributed by atoms with van der Waals surface area (Å²) in [5.41, 5.74) is 0.560. The first-order valence-corrected chi connectivity index (χ1v) is 7.11. The maximum atomic E-state index is 12.6. The Morgan fingerprint density at radius 1 is 1.29 bits per heavy atom. The van der Waals surface area contributed by atoms with Crippen molar-refractivity contribution in [1.29, 1.82) is 0 Å². The SMILES string of the molecule is CC(C)(C)C(=O)/C(=C\c1ccc(Cl)cc1Cl)n1cncn1. The Balaban J connectivity index is 2.55. The van der Waals surface area contributed by atoms with Gasteiger partial charge in [0.05, 0.1) is 0 Å². The highest BCUT2D eigenvalue weighted by atomic mass is 35.5. The fourth-order valence-electron chi connectivity index (χ4n) is 1.72. The summed E-state index contributed by atoms with van der Waals surface area (Å²) in [6.45, 7) is 5.55. The molecule has 2 rings (SSSR count). The Kier molecular flexibility index (Phi) is 4.49. The second kappa shape index (κ2) is 6.00. The Morgan fingerprint density at radius 3 is 2.52 bits per heavy atom. The van der Waals surface area contributed by atoms with Crippen LogP contribution in [0.15, 0.2) is 30.9 Å². The predicted octanol–water partition coefficient (Wildman–Crippen LogP) is 4.20. The molecule has 0 aliphatic heterocycles. The van der Waals surface area contributed by atoms with E-state index in [1.165, 1.54) is 17.3 Å². The Morgan fingerprint density at radius 2 is 2.00 bits per heavy atom. The Bertz CT molecular complexity index is 685. The van der Waals surface area contributed by atoms with E-state index in [4.69, 9.17) is 23.2 Å². The summed E-state index contributed by atoms with van der Waals surface area (Å²) in [4.78, 5) is 16.5. The van der Waals surface area contributed by atoms with E-state index in [0.29, 0.717) is 21.3 Å². The molecule has 0 spiro atoms. The highest BCUT2D eigenvalue weighted by Gasteiger charge is 2.26. The van der Waals surface area contributed by atoms with Gasteiger partial charge in [-0.05, 0) is 23.8 Å². The summed E-state index contributed by atoms with van der Waals surface area (Å²) >= 11 is 12.1. The number of hydrogen-bond donors (Lipinski definition) is 0. The van der Waals surface area contributed by atoms with Crippen LogP contribution < -0.4 is 0 Å². The maximum absolute atomic E-state index is 12.6. The zero-order valence-corrected chi connectivity index (χ0v) is 13.5. The van der Waals surface area contributed by atoms with Gasteiger partial charge in [0, 0.05) is 15.5 Å². The van der Waals surface area contributed by atoms with Crippen LogP contribution in [0.1, 0.15) is 26.3 Å². The average Bonchev–Trinajstić information content (AvgIpc) is 2.90. The second-order valence-corrected chi connectivity index (χ2v) is 6.46. The van der Waals surface area contributed by atoms with Crippen molar-refractivity contribution < 1.29 is 4.79 Å². The van der Waals surface area contributed by atoms with E-state index in [1.54, 1.807) is 24.3 Å². The standard InChI is InChI=1S/C15H15Cl2N3O/c1-15(2,3)14(21)13(20-9-18-8-19-20)6-10-4-5-11(16)7-12(10)17/h4-9H,1-3H3/b13-6+. The highest BCUT2D eigenvalue weighted by Crippen LogP contribution is 2.27. The molecule has 0 aliphatic rings. The van der Waals surface area contributed by atoms with Gasteiger partial charge in [-0.25, -0.2) is 9.67 Å². The highest BCUT2D eigenvalue weighted by molar-refractivity contribution is 6.36. The van der Waals surface area contributed by atoms with Crippen LogP contribution in [0.4, 0.5) is 0 Å². The van der Waals surface area contributed by atoms with Crippen LogP contribution in [0.3, 0.4) is 0 Å². The summed E-state index contributed by atoms with van der Waals surface area (Å²) in [7, 11) is 0. The first-order chi connectivity index (χ1) is 9.79. The molecule has 6 heteroatoms. The van der Waals surface area contributed by atoms with Gasteiger partial charge in [-0.2, -0.15) is 5.10 Å². The number of carbonyl (C=O) groups is 1. The Labute approximate surface area is 133 Å². The van der Waals surface area contributed by atoms with Crippen molar-refractivity contribution in [1.82, 2.24) is 14.8 Å². The van der Waals surface area contributed by atoms with E-state index >= 15 is 0 Å². The molecule has 0 saturated carbocycles. The summed E-state index contributed by atoms with van der Waals surface area (Å²) in [6, 6.07) is 5.12. The number of ketones is 1. The van der Waals surface area contributed by atoms with Gasteiger partial charge >= 0.3 is 0 Å². The van der Waals surface area contributed by atoms with Crippen LogP contribution >= 0.6 is 23.2 Å². The van der Waals surface area contributed by atoms with Gasteiger partial charge < -0.3 is 0 Å². The van der Waals surface area contributed by atoms with Gasteiger partial charge in [-0.15, -0.1) is 0 Å². The van der Waals surface area contributed by atoms with E-state index in [2.05, 4.69) is 10.1 Å². The zero-order chi connectivity index (χ0) is 15.6.